The molecule has 1 amide bonds. The lowest BCUT2D eigenvalue weighted by Gasteiger charge is -2.37. The molecule has 136 valence electrons. The Bertz CT molecular complexity index is 937. The van der Waals surface area contributed by atoms with Gasteiger partial charge in [-0.1, -0.05) is 54.6 Å². The third kappa shape index (κ3) is 2.32. The van der Waals surface area contributed by atoms with Crippen LogP contribution in [0.2, 0.25) is 0 Å². The summed E-state index contributed by atoms with van der Waals surface area (Å²) in [6.45, 7) is 0.886. The van der Waals surface area contributed by atoms with Crippen LogP contribution in [0.15, 0.2) is 66.7 Å². The highest BCUT2D eigenvalue weighted by molar-refractivity contribution is 6.40. The third-order valence-electron chi connectivity index (χ3n) is 6.56. The maximum atomic E-state index is 13.4. The molecule has 1 spiro atoms. The van der Waals surface area contributed by atoms with E-state index in [1.54, 1.807) is 17.0 Å². The molecule has 1 heterocycles. The fourth-order valence-corrected chi connectivity index (χ4v) is 5.44. The molecule has 0 N–H and O–H groups in total. The van der Waals surface area contributed by atoms with E-state index in [9.17, 15) is 14.0 Å². The van der Waals surface area contributed by atoms with Gasteiger partial charge in [-0.3, -0.25) is 9.59 Å². The van der Waals surface area contributed by atoms with Gasteiger partial charge in [-0.05, 0) is 41.5 Å². The van der Waals surface area contributed by atoms with Crippen molar-refractivity contribution in [2.24, 2.45) is 17.3 Å². The molecule has 27 heavy (non-hydrogen) atoms. The van der Waals surface area contributed by atoms with E-state index >= 15 is 0 Å². The predicted octanol–water partition coefficient (Wildman–Crippen LogP) is 3.71. The summed E-state index contributed by atoms with van der Waals surface area (Å²) in [6, 6.07) is 16.2. The van der Waals surface area contributed by atoms with Crippen molar-refractivity contribution in [1.82, 2.24) is 4.90 Å². The number of fused-ring (bicyclic) bond motifs is 3. The highest BCUT2D eigenvalue weighted by atomic mass is 19.1. The fourth-order valence-electron chi connectivity index (χ4n) is 5.44. The average Bonchev–Trinajstić information content (AvgIpc) is 3.34. The quantitative estimate of drug-likeness (QED) is 0.617. The van der Waals surface area contributed by atoms with Crippen LogP contribution >= 0.6 is 0 Å². The van der Waals surface area contributed by atoms with Gasteiger partial charge in [-0.15, -0.1) is 0 Å². The Morgan fingerprint density at radius 2 is 1.74 bits per heavy atom. The van der Waals surface area contributed by atoms with Crippen molar-refractivity contribution < 1.29 is 14.0 Å². The number of rotatable bonds is 3. The summed E-state index contributed by atoms with van der Waals surface area (Å²) in [5.41, 5.74) is 1.26. The lowest BCUT2D eigenvalue weighted by molar-refractivity contribution is -0.143. The molecule has 0 radical (unpaired) electrons. The monoisotopic (exact) mass is 361 g/mol. The van der Waals surface area contributed by atoms with Crippen LogP contribution in [0.3, 0.4) is 0 Å². The smallest absolute Gasteiger partial charge is 0.290 e. The predicted molar refractivity (Wildman–Crippen MR) is 99.2 cm³/mol. The number of benzene rings is 2. The Kier molecular flexibility index (Phi) is 3.58. The van der Waals surface area contributed by atoms with Crippen LogP contribution < -0.4 is 0 Å². The van der Waals surface area contributed by atoms with Gasteiger partial charge in [0.05, 0.1) is 5.41 Å². The zero-order chi connectivity index (χ0) is 18.6. The minimum atomic E-state index is -0.719. The van der Waals surface area contributed by atoms with E-state index in [1.165, 1.54) is 12.1 Å². The van der Waals surface area contributed by atoms with Crippen molar-refractivity contribution in [3.8, 4) is 0 Å². The number of Topliss-reactive ketones (excluding diaryl/α,β-unsaturated/α-hetero) is 1. The second-order valence-electron chi connectivity index (χ2n) is 7.94. The number of hydrogen-bond acceptors (Lipinski definition) is 2. The number of nitrogens with zero attached hydrogens (tertiary/aromatic N) is 1. The Morgan fingerprint density at radius 3 is 2.48 bits per heavy atom. The molecule has 5 rings (SSSR count). The summed E-state index contributed by atoms with van der Waals surface area (Å²) in [5, 5.41) is 0. The molecule has 2 aromatic carbocycles. The molecule has 1 saturated carbocycles. The van der Waals surface area contributed by atoms with Crippen LogP contribution in [0, 0.1) is 23.1 Å². The Labute approximate surface area is 157 Å². The van der Waals surface area contributed by atoms with Gasteiger partial charge in [0.15, 0.2) is 0 Å². The topological polar surface area (TPSA) is 37.4 Å². The van der Waals surface area contributed by atoms with Crippen molar-refractivity contribution in [3.63, 3.8) is 0 Å². The zero-order valence-corrected chi connectivity index (χ0v) is 14.8. The minimum Gasteiger partial charge on any atom is -0.331 e. The first-order chi connectivity index (χ1) is 13.1. The van der Waals surface area contributed by atoms with Crippen molar-refractivity contribution in [1.29, 1.82) is 0 Å². The SMILES string of the molecule is O=C1C(=O)[C@@]2(CN1Cc1ccccc1)[C@H](c1ccc(F)cc1)[C@@H]1C=C[C@H]2C1. The minimum absolute atomic E-state index is 0.0645. The van der Waals surface area contributed by atoms with Crippen molar-refractivity contribution in [2.75, 3.05) is 6.54 Å². The number of hydrogen-bond donors (Lipinski definition) is 0. The number of halogens is 1. The van der Waals surface area contributed by atoms with E-state index < -0.39 is 5.41 Å². The van der Waals surface area contributed by atoms with Crippen LogP contribution in [-0.2, 0) is 16.1 Å². The maximum absolute atomic E-state index is 13.4. The molecule has 2 aromatic rings. The molecule has 0 aromatic heterocycles. The molecule has 1 saturated heterocycles. The van der Waals surface area contributed by atoms with Crippen LogP contribution in [-0.4, -0.2) is 23.1 Å². The van der Waals surface area contributed by atoms with Gasteiger partial charge in [0.1, 0.15) is 5.82 Å². The largest absolute Gasteiger partial charge is 0.331 e. The standard InChI is InChI=1S/C23H20FNO2/c24-19-10-7-16(8-11-19)20-17-6-9-18(12-17)23(20)14-25(22(27)21(23)26)13-15-4-2-1-3-5-15/h1-11,17-18,20H,12-14H2/t17-,18+,20-,23-/m1/s1. The Balaban J connectivity index is 1.53. The lowest BCUT2D eigenvalue weighted by Crippen LogP contribution is -2.41. The average molecular weight is 361 g/mol. The van der Waals surface area contributed by atoms with E-state index in [2.05, 4.69) is 12.2 Å². The Hall–Kier alpha value is -2.75. The molecule has 1 aliphatic heterocycles. The van der Waals surface area contributed by atoms with Crippen LogP contribution in [0.4, 0.5) is 4.39 Å². The molecule has 0 unspecified atom stereocenters. The highest BCUT2D eigenvalue weighted by Crippen LogP contribution is 2.63. The van der Waals surface area contributed by atoms with Gasteiger partial charge in [-0.25, -0.2) is 4.39 Å². The summed E-state index contributed by atoms with van der Waals surface area (Å²) in [5.74, 6) is -0.698. The van der Waals surface area contributed by atoms with Crippen LogP contribution in [0.5, 0.6) is 0 Å². The molecule has 2 aliphatic carbocycles. The number of carbonyl (C=O) groups is 2. The second-order valence-corrected chi connectivity index (χ2v) is 7.94. The number of allylic oxidation sites excluding steroid dienone is 2. The molecule has 2 fully saturated rings. The Morgan fingerprint density at radius 1 is 1.00 bits per heavy atom. The first-order valence-corrected chi connectivity index (χ1v) is 9.41. The van der Waals surface area contributed by atoms with Gasteiger partial charge in [0.25, 0.3) is 5.91 Å². The van der Waals surface area contributed by atoms with Crippen LogP contribution in [0.25, 0.3) is 0 Å². The summed E-state index contributed by atoms with van der Waals surface area (Å²) in [4.78, 5) is 27.8. The molecule has 3 aliphatic rings. The molecular formula is C23H20FNO2. The van der Waals surface area contributed by atoms with E-state index in [-0.39, 0.29) is 35.3 Å². The second kappa shape index (κ2) is 5.88. The van der Waals surface area contributed by atoms with E-state index in [0.29, 0.717) is 13.1 Å². The van der Waals surface area contributed by atoms with Gasteiger partial charge >= 0.3 is 0 Å². The van der Waals surface area contributed by atoms with E-state index in [4.69, 9.17) is 0 Å². The third-order valence-corrected chi connectivity index (χ3v) is 6.56. The van der Waals surface area contributed by atoms with Gasteiger partial charge in [0.2, 0.25) is 5.78 Å². The number of likely N-dealkylation sites (tertiary alicyclic amines) is 1. The molecule has 3 nitrogen and oxygen atoms in total. The summed E-state index contributed by atoms with van der Waals surface area (Å²) in [7, 11) is 0. The van der Waals surface area contributed by atoms with Gasteiger partial charge in [-0.2, -0.15) is 0 Å². The molecule has 4 heteroatoms. The maximum Gasteiger partial charge on any atom is 0.290 e. The lowest BCUT2D eigenvalue weighted by atomic mass is 9.64. The van der Waals surface area contributed by atoms with Crippen molar-refractivity contribution >= 4 is 11.7 Å². The number of ketones is 1. The highest BCUT2D eigenvalue weighted by Gasteiger charge is 2.66. The molecular weight excluding hydrogens is 341 g/mol. The van der Waals surface area contributed by atoms with Gasteiger partial charge in [0, 0.05) is 19.0 Å². The van der Waals surface area contributed by atoms with E-state index in [0.717, 1.165) is 17.5 Å². The van der Waals surface area contributed by atoms with E-state index in [1.807, 2.05) is 30.3 Å². The number of amides is 1. The zero-order valence-electron chi connectivity index (χ0n) is 14.8. The van der Waals surface area contributed by atoms with Gasteiger partial charge < -0.3 is 4.90 Å². The summed E-state index contributed by atoms with van der Waals surface area (Å²) >= 11 is 0. The first-order valence-electron chi connectivity index (χ1n) is 9.41. The summed E-state index contributed by atoms with van der Waals surface area (Å²) in [6.07, 6.45) is 5.17. The van der Waals surface area contributed by atoms with Crippen LogP contribution in [0.1, 0.15) is 23.5 Å². The number of carbonyl (C=O) groups excluding carboxylic acids is 2. The fraction of sp³-hybridized carbons (Fsp3) is 0.304. The first kappa shape index (κ1) is 16.4. The molecule has 2 bridgehead atoms. The normalized spacial score (nSPS) is 31.4. The molecule has 4 atom stereocenters. The summed E-state index contributed by atoms with van der Waals surface area (Å²) < 4.78 is 13.4. The van der Waals surface area contributed by atoms with Crippen molar-refractivity contribution in [3.05, 3.63) is 83.7 Å². The van der Waals surface area contributed by atoms with Crippen molar-refractivity contribution in [2.45, 2.75) is 18.9 Å².